The number of carboxylic acids is 1. The van der Waals surface area contributed by atoms with E-state index in [2.05, 4.69) is 4.90 Å². The molecule has 0 atom stereocenters. The van der Waals surface area contributed by atoms with Gasteiger partial charge in [-0.1, -0.05) is 18.2 Å². The monoisotopic (exact) mass is 380 g/mol. The predicted octanol–water partition coefficient (Wildman–Crippen LogP) is 3.65. The van der Waals surface area contributed by atoms with Crippen molar-refractivity contribution in [3.8, 4) is 5.69 Å². The second-order valence-electron chi connectivity index (χ2n) is 6.52. The van der Waals surface area contributed by atoms with Crippen LogP contribution in [0.3, 0.4) is 0 Å². The van der Waals surface area contributed by atoms with E-state index in [-0.39, 0.29) is 6.61 Å². The summed E-state index contributed by atoms with van der Waals surface area (Å²) in [6.07, 6.45) is 3.75. The number of benzene rings is 2. The lowest BCUT2D eigenvalue weighted by atomic mass is 10.1. The Morgan fingerprint density at radius 1 is 1.04 bits per heavy atom. The normalized spacial score (nSPS) is 14.2. The molecule has 1 aliphatic rings. The smallest absolute Gasteiger partial charge is 0.337 e. The number of carbonyl (C=O) groups is 1. The number of aromatic nitrogens is 1. The maximum Gasteiger partial charge on any atom is 0.337 e. The Morgan fingerprint density at radius 2 is 1.74 bits per heavy atom. The van der Waals surface area contributed by atoms with E-state index in [0.717, 1.165) is 24.3 Å². The first kappa shape index (κ1) is 17.7. The molecule has 138 valence electrons. The van der Waals surface area contributed by atoms with Crippen LogP contribution in [-0.2, 0) is 6.61 Å². The van der Waals surface area contributed by atoms with Crippen molar-refractivity contribution in [2.45, 2.75) is 16.8 Å². The van der Waals surface area contributed by atoms with E-state index in [1.54, 1.807) is 12.1 Å². The molecule has 3 aromatic rings. The van der Waals surface area contributed by atoms with E-state index in [1.165, 1.54) is 4.90 Å². The molecule has 1 fully saturated rings. The Labute approximate surface area is 161 Å². The largest absolute Gasteiger partial charge is 0.478 e. The highest BCUT2D eigenvalue weighted by Gasteiger charge is 2.30. The fraction of sp³-hybridized carbons (Fsp3) is 0.190. The number of carboxylic acid groups (broad SMARTS) is 1. The van der Waals surface area contributed by atoms with Crippen LogP contribution in [0.1, 0.15) is 15.9 Å². The fourth-order valence-corrected chi connectivity index (χ4v) is 4.48. The number of para-hydroxylation sites is 1. The molecule has 0 amide bonds. The highest BCUT2D eigenvalue weighted by molar-refractivity contribution is 8.00. The lowest BCUT2D eigenvalue weighted by Crippen LogP contribution is -2.49. The van der Waals surface area contributed by atoms with Gasteiger partial charge in [0.05, 0.1) is 23.5 Å². The van der Waals surface area contributed by atoms with Crippen molar-refractivity contribution in [2.24, 2.45) is 0 Å². The molecule has 2 N–H and O–H groups in total. The van der Waals surface area contributed by atoms with Gasteiger partial charge in [-0.25, -0.2) is 4.79 Å². The molecule has 2 heterocycles. The summed E-state index contributed by atoms with van der Waals surface area (Å²) in [5, 5.41) is 19.2. The van der Waals surface area contributed by atoms with Crippen molar-refractivity contribution in [1.82, 2.24) is 4.57 Å². The lowest BCUT2D eigenvalue weighted by molar-refractivity contribution is 0.0697. The van der Waals surface area contributed by atoms with Gasteiger partial charge in [0.1, 0.15) is 0 Å². The average Bonchev–Trinajstić information content (AvgIpc) is 3.18. The van der Waals surface area contributed by atoms with E-state index in [1.807, 2.05) is 71.2 Å². The van der Waals surface area contributed by atoms with Gasteiger partial charge in [-0.3, -0.25) is 0 Å². The molecule has 0 aliphatic carbocycles. The lowest BCUT2D eigenvalue weighted by Gasteiger charge is -2.41. The number of aliphatic hydroxyl groups is 1. The minimum Gasteiger partial charge on any atom is -0.478 e. The Hall–Kier alpha value is -2.70. The zero-order chi connectivity index (χ0) is 18.8. The molecule has 2 aromatic carbocycles. The standard InChI is InChI=1S/C21H20N2O3S/c24-14-15-6-8-16(9-7-15)27-17-12-23(13-17)19-5-3-4-18(21(25)26)20(19)22-10-1-2-11-22/h1-11,17,24H,12-14H2,(H,25,26). The number of aliphatic hydroxyl groups excluding tert-OH is 1. The van der Waals surface area contributed by atoms with Gasteiger partial charge in [0.25, 0.3) is 0 Å². The molecule has 1 saturated heterocycles. The van der Waals surface area contributed by atoms with Gasteiger partial charge in [0, 0.05) is 35.6 Å². The summed E-state index contributed by atoms with van der Waals surface area (Å²) in [5.74, 6) is -0.920. The van der Waals surface area contributed by atoms with Crippen molar-refractivity contribution >= 4 is 23.4 Å². The van der Waals surface area contributed by atoms with Crippen LogP contribution < -0.4 is 4.90 Å². The van der Waals surface area contributed by atoms with E-state index >= 15 is 0 Å². The molecule has 0 saturated carbocycles. The Morgan fingerprint density at radius 3 is 2.37 bits per heavy atom. The van der Waals surface area contributed by atoms with Gasteiger partial charge < -0.3 is 19.7 Å². The van der Waals surface area contributed by atoms with Gasteiger partial charge >= 0.3 is 5.97 Å². The first-order valence-electron chi connectivity index (χ1n) is 8.77. The zero-order valence-electron chi connectivity index (χ0n) is 14.7. The second kappa shape index (κ2) is 7.50. The Bertz CT molecular complexity index is 933. The number of thioether (sulfide) groups is 1. The molecule has 0 unspecified atom stereocenters. The van der Waals surface area contributed by atoms with E-state index in [0.29, 0.717) is 16.5 Å². The number of anilines is 1. The van der Waals surface area contributed by atoms with Crippen molar-refractivity contribution in [3.63, 3.8) is 0 Å². The summed E-state index contributed by atoms with van der Waals surface area (Å²) in [5.41, 5.74) is 2.88. The second-order valence-corrected chi connectivity index (χ2v) is 7.89. The van der Waals surface area contributed by atoms with Crippen molar-refractivity contribution in [2.75, 3.05) is 18.0 Å². The molecule has 1 aliphatic heterocycles. The van der Waals surface area contributed by atoms with E-state index < -0.39 is 5.97 Å². The predicted molar refractivity (Wildman–Crippen MR) is 107 cm³/mol. The first-order chi connectivity index (χ1) is 13.2. The van der Waals surface area contributed by atoms with Crippen LogP contribution in [0.4, 0.5) is 5.69 Å². The highest BCUT2D eigenvalue weighted by atomic mass is 32.2. The summed E-state index contributed by atoms with van der Waals surface area (Å²) in [4.78, 5) is 15.1. The molecule has 27 heavy (non-hydrogen) atoms. The molecule has 0 bridgehead atoms. The molecular weight excluding hydrogens is 360 g/mol. The average molecular weight is 380 g/mol. The van der Waals surface area contributed by atoms with Crippen LogP contribution in [0, 0.1) is 0 Å². The fourth-order valence-electron chi connectivity index (χ4n) is 3.29. The first-order valence-corrected chi connectivity index (χ1v) is 9.64. The van der Waals surface area contributed by atoms with Gasteiger partial charge in [-0.05, 0) is 42.0 Å². The molecule has 4 rings (SSSR count). The highest BCUT2D eigenvalue weighted by Crippen LogP contribution is 2.36. The van der Waals surface area contributed by atoms with Crippen molar-refractivity contribution in [3.05, 3.63) is 78.1 Å². The third-order valence-corrected chi connectivity index (χ3v) is 5.88. The topological polar surface area (TPSA) is 65.7 Å². The third kappa shape index (κ3) is 3.59. The summed E-state index contributed by atoms with van der Waals surface area (Å²) >= 11 is 1.82. The number of hydrogen-bond acceptors (Lipinski definition) is 4. The van der Waals surface area contributed by atoms with Crippen LogP contribution in [0.2, 0.25) is 0 Å². The summed E-state index contributed by atoms with van der Waals surface area (Å²) in [6.45, 7) is 1.79. The number of rotatable bonds is 6. The van der Waals surface area contributed by atoms with Gasteiger partial charge in [-0.15, -0.1) is 11.8 Å². The number of nitrogens with zero attached hydrogens (tertiary/aromatic N) is 2. The Balaban J connectivity index is 1.52. The number of hydrogen-bond donors (Lipinski definition) is 2. The third-order valence-electron chi connectivity index (χ3n) is 4.71. The summed E-state index contributed by atoms with van der Waals surface area (Å²) < 4.78 is 1.87. The van der Waals surface area contributed by atoms with Gasteiger partial charge in [-0.2, -0.15) is 0 Å². The zero-order valence-corrected chi connectivity index (χ0v) is 15.5. The minimum absolute atomic E-state index is 0.0598. The van der Waals surface area contributed by atoms with Crippen LogP contribution in [0.15, 0.2) is 71.9 Å². The molecule has 0 spiro atoms. The molecular formula is C21H20N2O3S. The van der Waals surface area contributed by atoms with Crippen molar-refractivity contribution in [1.29, 1.82) is 0 Å². The number of aromatic carboxylic acids is 1. The maximum absolute atomic E-state index is 11.7. The van der Waals surface area contributed by atoms with Crippen LogP contribution in [0.5, 0.6) is 0 Å². The quantitative estimate of drug-likeness (QED) is 0.683. The van der Waals surface area contributed by atoms with E-state index in [9.17, 15) is 9.90 Å². The van der Waals surface area contributed by atoms with Crippen LogP contribution >= 0.6 is 11.8 Å². The molecule has 5 nitrogen and oxygen atoms in total. The Kier molecular flexibility index (Phi) is 4.92. The SMILES string of the molecule is O=C(O)c1cccc(N2CC(Sc3ccc(CO)cc3)C2)c1-n1cccc1. The van der Waals surface area contributed by atoms with Gasteiger partial charge in [0.2, 0.25) is 0 Å². The van der Waals surface area contributed by atoms with Crippen LogP contribution in [0.25, 0.3) is 5.69 Å². The van der Waals surface area contributed by atoms with Crippen molar-refractivity contribution < 1.29 is 15.0 Å². The molecule has 0 radical (unpaired) electrons. The summed E-state index contributed by atoms with van der Waals surface area (Å²) in [6, 6.07) is 17.2. The minimum atomic E-state index is -0.920. The van der Waals surface area contributed by atoms with Gasteiger partial charge in [0.15, 0.2) is 0 Å². The van der Waals surface area contributed by atoms with E-state index in [4.69, 9.17) is 5.11 Å². The molecule has 1 aromatic heterocycles. The summed E-state index contributed by atoms with van der Waals surface area (Å²) in [7, 11) is 0. The van der Waals surface area contributed by atoms with Crippen LogP contribution in [-0.4, -0.2) is 39.1 Å². The maximum atomic E-state index is 11.7. The molecule has 6 heteroatoms.